The molecule has 0 unspecified atom stereocenters. The van der Waals surface area contributed by atoms with E-state index in [4.69, 9.17) is 14.0 Å². The summed E-state index contributed by atoms with van der Waals surface area (Å²) in [5, 5.41) is 9.69. The summed E-state index contributed by atoms with van der Waals surface area (Å²) in [5.41, 5.74) is 2.10. The van der Waals surface area contributed by atoms with Crippen molar-refractivity contribution in [1.82, 2.24) is 15.0 Å². The lowest BCUT2D eigenvalue weighted by molar-refractivity contribution is 0.174. The number of nitrogens with one attached hydrogen (secondary N) is 2. The number of fused-ring (bicyclic) bond motifs is 1. The van der Waals surface area contributed by atoms with Crippen LogP contribution in [0, 0.1) is 0 Å². The summed E-state index contributed by atoms with van der Waals surface area (Å²) < 4.78 is 16.0. The van der Waals surface area contributed by atoms with Gasteiger partial charge in [-0.25, -0.2) is 4.79 Å². The number of anilines is 2. The SMILES string of the molecule is O=C(Nc1ccc(-c2noc(CCN3CCCCC3)n2)cc1)Nc1ccc2c(c1)OCO2. The van der Waals surface area contributed by atoms with Crippen LogP contribution in [0.2, 0.25) is 0 Å². The van der Waals surface area contributed by atoms with E-state index in [1.807, 2.05) is 12.1 Å². The second-order valence-electron chi connectivity index (χ2n) is 7.89. The van der Waals surface area contributed by atoms with E-state index in [2.05, 4.69) is 25.7 Å². The monoisotopic (exact) mass is 435 g/mol. The van der Waals surface area contributed by atoms with Gasteiger partial charge in [0.15, 0.2) is 11.5 Å². The third-order valence-corrected chi connectivity index (χ3v) is 5.59. The van der Waals surface area contributed by atoms with Gasteiger partial charge in [0.1, 0.15) is 0 Å². The fourth-order valence-electron chi connectivity index (χ4n) is 3.88. The Kier molecular flexibility index (Phi) is 5.89. The minimum Gasteiger partial charge on any atom is -0.454 e. The molecule has 2 aliphatic heterocycles. The maximum Gasteiger partial charge on any atom is 0.323 e. The van der Waals surface area contributed by atoms with Gasteiger partial charge in [-0.15, -0.1) is 0 Å². The smallest absolute Gasteiger partial charge is 0.323 e. The topological polar surface area (TPSA) is 102 Å². The average Bonchev–Trinajstić information content (AvgIpc) is 3.48. The summed E-state index contributed by atoms with van der Waals surface area (Å²) in [6, 6.07) is 12.2. The van der Waals surface area contributed by atoms with Crippen LogP contribution in [0.1, 0.15) is 25.2 Å². The number of hydrogen-bond acceptors (Lipinski definition) is 7. The first-order valence-corrected chi connectivity index (χ1v) is 10.9. The van der Waals surface area contributed by atoms with Gasteiger partial charge >= 0.3 is 6.03 Å². The van der Waals surface area contributed by atoms with Gasteiger partial charge in [0.2, 0.25) is 18.5 Å². The maximum atomic E-state index is 12.3. The highest BCUT2D eigenvalue weighted by Crippen LogP contribution is 2.34. The molecule has 0 spiro atoms. The number of piperidine rings is 1. The molecule has 9 heteroatoms. The molecule has 1 saturated heterocycles. The minimum absolute atomic E-state index is 0.192. The molecule has 3 heterocycles. The minimum atomic E-state index is -0.351. The van der Waals surface area contributed by atoms with Crippen molar-refractivity contribution >= 4 is 17.4 Å². The zero-order valence-electron chi connectivity index (χ0n) is 17.7. The van der Waals surface area contributed by atoms with Crippen LogP contribution < -0.4 is 20.1 Å². The molecule has 2 N–H and O–H groups in total. The van der Waals surface area contributed by atoms with Crippen molar-refractivity contribution < 1.29 is 18.8 Å². The lowest BCUT2D eigenvalue weighted by atomic mass is 10.1. The van der Waals surface area contributed by atoms with Crippen molar-refractivity contribution in [2.24, 2.45) is 0 Å². The number of benzene rings is 2. The standard InChI is InChI=1S/C23H25N5O4/c29-23(25-18-8-9-19-20(14-18)31-15-30-19)24-17-6-4-16(5-7-17)22-26-21(32-27-22)10-13-28-11-2-1-3-12-28/h4-9,14H,1-3,10-13,15H2,(H2,24,25,29). The summed E-state index contributed by atoms with van der Waals surface area (Å²) in [5.74, 6) is 2.48. The van der Waals surface area contributed by atoms with E-state index in [9.17, 15) is 4.79 Å². The largest absolute Gasteiger partial charge is 0.454 e. The van der Waals surface area contributed by atoms with Crippen LogP contribution in [-0.2, 0) is 6.42 Å². The summed E-state index contributed by atoms with van der Waals surface area (Å²) >= 11 is 0. The van der Waals surface area contributed by atoms with Gasteiger partial charge in [0.05, 0.1) is 0 Å². The van der Waals surface area contributed by atoms with Crippen molar-refractivity contribution in [3.8, 4) is 22.9 Å². The molecule has 166 valence electrons. The molecule has 1 aromatic heterocycles. The average molecular weight is 435 g/mol. The molecule has 9 nitrogen and oxygen atoms in total. The lowest BCUT2D eigenvalue weighted by Crippen LogP contribution is -2.31. The summed E-state index contributed by atoms with van der Waals surface area (Å²) in [6.07, 6.45) is 4.62. The van der Waals surface area contributed by atoms with Crippen LogP contribution in [0.15, 0.2) is 47.0 Å². The first kappa shape index (κ1) is 20.3. The third-order valence-electron chi connectivity index (χ3n) is 5.59. The van der Waals surface area contributed by atoms with Gasteiger partial charge in [-0.3, -0.25) is 0 Å². The molecule has 0 radical (unpaired) electrons. The Morgan fingerprint density at radius 3 is 2.53 bits per heavy atom. The van der Waals surface area contributed by atoms with Crippen LogP contribution in [0.4, 0.5) is 16.2 Å². The van der Waals surface area contributed by atoms with Crippen LogP contribution in [0.25, 0.3) is 11.4 Å². The van der Waals surface area contributed by atoms with E-state index in [1.165, 1.54) is 19.3 Å². The number of urea groups is 1. The van der Waals surface area contributed by atoms with Crippen molar-refractivity contribution in [1.29, 1.82) is 0 Å². The number of carbonyl (C=O) groups is 1. The number of carbonyl (C=O) groups excluding carboxylic acids is 1. The predicted octanol–water partition coefficient (Wildman–Crippen LogP) is 4.14. The highest BCUT2D eigenvalue weighted by atomic mass is 16.7. The van der Waals surface area contributed by atoms with Crippen LogP contribution in [0.3, 0.4) is 0 Å². The molecule has 32 heavy (non-hydrogen) atoms. The maximum absolute atomic E-state index is 12.3. The number of nitrogens with zero attached hydrogens (tertiary/aromatic N) is 3. The van der Waals surface area contributed by atoms with Crippen LogP contribution in [0.5, 0.6) is 11.5 Å². The quantitative estimate of drug-likeness (QED) is 0.600. The molecule has 2 aromatic carbocycles. The zero-order chi connectivity index (χ0) is 21.8. The Morgan fingerprint density at radius 1 is 0.938 bits per heavy atom. The number of aromatic nitrogens is 2. The second-order valence-corrected chi connectivity index (χ2v) is 7.89. The highest BCUT2D eigenvalue weighted by molar-refractivity contribution is 6.00. The first-order valence-electron chi connectivity index (χ1n) is 10.9. The van der Waals surface area contributed by atoms with Crippen LogP contribution in [-0.4, -0.2) is 47.5 Å². The third kappa shape index (κ3) is 4.83. The Balaban J connectivity index is 1.14. The van der Waals surface area contributed by atoms with Gasteiger partial charge in [-0.05, 0) is 62.3 Å². The van der Waals surface area contributed by atoms with Crippen molar-refractivity contribution in [3.63, 3.8) is 0 Å². The molecule has 2 aliphatic rings. The summed E-state index contributed by atoms with van der Waals surface area (Å²) in [4.78, 5) is 19.3. The molecule has 2 amide bonds. The van der Waals surface area contributed by atoms with E-state index in [1.54, 1.807) is 30.3 Å². The van der Waals surface area contributed by atoms with Gasteiger partial charge in [0.25, 0.3) is 0 Å². The fourth-order valence-corrected chi connectivity index (χ4v) is 3.88. The van der Waals surface area contributed by atoms with Gasteiger partial charge in [-0.2, -0.15) is 4.98 Å². The lowest BCUT2D eigenvalue weighted by Gasteiger charge is -2.25. The number of ether oxygens (including phenoxy) is 2. The molecule has 0 saturated carbocycles. The van der Waals surface area contributed by atoms with Gasteiger partial charge in [-0.1, -0.05) is 11.6 Å². The summed E-state index contributed by atoms with van der Waals surface area (Å²) in [6.45, 7) is 3.44. The number of amides is 2. The van der Waals surface area contributed by atoms with Crippen molar-refractivity contribution in [3.05, 3.63) is 48.4 Å². The molecule has 0 bridgehead atoms. The molecule has 3 aromatic rings. The highest BCUT2D eigenvalue weighted by Gasteiger charge is 2.15. The van der Waals surface area contributed by atoms with Crippen molar-refractivity contribution in [2.45, 2.75) is 25.7 Å². The van der Waals surface area contributed by atoms with Crippen molar-refractivity contribution in [2.75, 3.05) is 37.1 Å². The Labute approximate surface area is 185 Å². The number of hydrogen-bond donors (Lipinski definition) is 2. The normalized spacial score (nSPS) is 15.5. The van der Waals surface area contributed by atoms with E-state index < -0.39 is 0 Å². The molecular formula is C23H25N5O4. The number of rotatable bonds is 6. The number of likely N-dealkylation sites (tertiary alicyclic amines) is 1. The van der Waals surface area contributed by atoms with E-state index >= 15 is 0 Å². The van der Waals surface area contributed by atoms with E-state index in [-0.39, 0.29) is 12.8 Å². The first-order chi connectivity index (χ1) is 15.7. The predicted molar refractivity (Wildman–Crippen MR) is 119 cm³/mol. The fraction of sp³-hybridized carbons (Fsp3) is 0.348. The molecule has 0 atom stereocenters. The van der Waals surface area contributed by atoms with Gasteiger partial charge in [0, 0.05) is 36.0 Å². The molecule has 5 rings (SSSR count). The molecular weight excluding hydrogens is 410 g/mol. The zero-order valence-corrected chi connectivity index (χ0v) is 17.7. The second kappa shape index (κ2) is 9.27. The Bertz CT molecular complexity index is 1080. The van der Waals surface area contributed by atoms with E-state index in [0.717, 1.165) is 31.6 Å². The van der Waals surface area contributed by atoms with E-state index in [0.29, 0.717) is 34.6 Å². The Morgan fingerprint density at radius 2 is 1.69 bits per heavy atom. The molecule has 0 aliphatic carbocycles. The Hall–Kier alpha value is -3.59. The summed E-state index contributed by atoms with van der Waals surface area (Å²) in [7, 11) is 0. The van der Waals surface area contributed by atoms with Gasteiger partial charge < -0.3 is 29.5 Å². The molecule has 1 fully saturated rings. The van der Waals surface area contributed by atoms with Crippen LogP contribution >= 0.6 is 0 Å².